The molecule has 0 heterocycles. The van der Waals surface area contributed by atoms with Crippen molar-refractivity contribution in [2.24, 2.45) is 0 Å². The minimum atomic E-state index is 0.253. The number of carbonyl (C=O) groups excluding carboxylic acids is 1. The molecule has 0 atom stereocenters. The lowest BCUT2D eigenvalue weighted by Crippen LogP contribution is -1.82. The van der Waals surface area contributed by atoms with Crippen molar-refractivity contribution < 1.29 is 9.53 Å². The third-order valence-electron chi connectivity index (χ3n) is 2.14. The van der Waals surface area contributed by atoms with Crippen LogP contribution in [0.25, 0.3) is 10.8 Å². The van der Waals surface area contributed by atoms with E-state index >= 15 is 0 Å². The number of fused-ring (bicyclic) bond motifs is 1. The maximum Gasteiger partial charge on any atom is 0.417 e. The number of ether oxygens (including phenoxy) is 1. The van der Waals surface area contributed by atoms with Crippen molar-refractivity contribution in [1.82, 2.24) is 0 Å². The first kappa shape index (κ1) is 13.0. The molecule has 86 valence electrons. The van der Waals surface area contributed by atoms with Crippen LogP contribution in [0.1, 0.15) is 5.56 Å². The molecule has 2 radical (unpaired) electrons. The standard InChI is InChI=1S/C11H9.C4H5O2/c1-9-5-4-7-10-6-2-3-8-11(9)10;1-2-3-6-4-5/h2-8H,1H2;2H,1,3H2. The smallest absolute Gasteiger partial charge is 0.417 e. The lowest BCUT2D eigenvalue weighted by atomic mass is 10.1. The predicted octanol–water partition coefficient (Wildman–Crippen LogP) is 3.28. The van der Waals surface area contributed by atoms with Gasteiger partial charge in [-0.15, -0.1) is 0 Å². The molecule has 0 aliphatic heterocycles. The number of benzene rings is 2. The average molecular weight is 226 g/mol. The van der Waals surface area contributed by atoms with Crippen LogP contribution in [-0.2, 0) is 9.53 Å². The molecule has 2 nitrogen and oxygen atoms in total. The van der Waals surface area contributed by atoms with Crippen LogP contribution < -0.4 is 0 Å². The number of hydrogen-bond donors (Lipinski definition) is 0. The summed E-state index contributed by atoms with van der Waals surface area (Å²) in [6, 6.07) is 14.4. The summed E-state index contributed by atoms with van der Waals surface area (Å²) in [6.07, 6.45) is 1.48. The quantitative estimate of drug-likeness (QED) is 0.593. The second-order valence-corrected chi connectivity index (χ2v) is 3.32. The molecule has 2 rings (SSSR count). The van der Waals surface area contributed by atoms with Crippen molar-refractivity contribution in [3.8, 4) is 0 Å². The molecule has 0 spiro atoms. The Morgan fingerprint density at radius 1 is 1.18 bits per heavy atom. The fraction of sp³-hybridized carbons (Fsp3) is 0.0667. The molecule has 2 aromatic rings. The molecule has 0 saturated carbocycles. The van der Waals surface area contributed by atoms with Crippen LogP contribution in [0.3, 0.4) is 0 Å². The first-order valence-corrected chi connectivity index (χ1v) is 5.19. The van der Waals surface area contributed by atoms with E-state index in [1.165, 1.54) is 23.3 Å². The van der Waals surface area contributed by atoms with Gasteiger partial charge in [-0.25, -0.2) is 4.79 Å². The Labute approximate surface area is 102 Å². The third-order valence-corrected chi connectivity index (χ3v) is 2.14. The van der Waals surface area contributed by atoms with Crippen molar-refractivity contribution in [2.75, 3.05) is 6.61 Å². The van der Waals surface area contributed by atoms with Gasteiger partial charge in [0.1, 0.15) is 6.61 Å². The second-order valence-electron chi connectivity index (χ2n) is 3.32. The Balaban J connectivity index is 0.000000209. The number of hydrogen-bond acceptors (Lipinski definition) is 2. The largest absolute Gasteiger partial charge is 0.453 e. The van der Waals surface area contributed by atoms with E-state index in [-0.39, 0.29) is 6.61 Å². The van der Waals surface area contributed by atoms with Gasteiger partial charge in [-0.3, -0.25) is 0 Å². The van der Waals surface area contributed by atoms with Crippen LogP contribution in [0, 0.1) is 6.92 Å². The summed E-state index contributed by atoms with van der Waals surface area (Å²) in [5.41, 5.74) is 1.10. The molecular weight excluding hydrogens is 212 g/mol. The van der Waals surface area contributed by atoms with Crippen LogP contribution in [0.2, 0.25) is 0 Å². The molecule has 0 aliphatic carbocycles. The lowest BCUT2D eigenvalue weighted by Gasteiger charge is -1.98. The normalized spacial score (nSPS) is 9.00. The second kappa shape index (κ2) is 7.23. The van der Waals surface area contributed by atoms with Gasteiger partial charge in [0, 0.05) is 0 Å². The average Bonchev–Trinajstić information content (AvgIpc) is 2.38. The molecular formula is C15H14O2. The van der Waals surface area contributed by atoms with Crippen molar-refractivity contribution >= 4 is 17.2 Å². The SMILES string of the molecule is C=CCO[C]=O.[CH2]c1cccc2ccccc12. The van der Waals surface area contributed by atoms with Crippen molar-refractivity contribution in [3.63, 3.8) is 0 Å². The van der Waals surface area contributed by atoms with E-state index < -0.39 is 0 Å². The first-order chi connectivity index (χ1) is 8.29. The molecule has 0 bridgehead atoms. The fourth-order valence-electron chi connectivity index (χ4n) is 1.39. The van der Waals surface area contributed by atoms with Gasteiger partial charge in [-0.05, 0) is 23.3 Å². The Morgan fingerprint density at radius 2 is 1.88 bits per heavy atom. The molecule has 17 heavy (non-hydrogen) atoms. The Morgan fingerprint density at radius 3 is 2.47 bits per heavy atom. The van der Waals surface area contributed by atoms with Crippen LogP contribution in [0.15, 0.2) is 55.1 Å². The summed E-state index contributed by atoms with van der Waals surface area (Å²) in [5.74, 6) is 0. The first-order valence-electron chi connectivity index (χ1n) is 5.19. The van der Waals surface area contributed by atoms with E-state index in [0.717, 1.165) is 5.56 Å². The lowest BCUT2D eigenvalue weighted by molar-refractivity contribution is 0.314. The van der Waals surface area contributed by atoms with Gasteiger partial charge in [0.25, 0.3) is 0 Å². The maximum absolute atomic E-state index is 9.17. The van der Waals surface area contributed by atoms with E-state index in [9.17, 15) is 0 Å². The van der Waals surface area contributed by atoms with Crippen LogP contribution >= 0.6 is 0 Å². The molecule has 2 heteroatoms. The topological polar surface area (TPSA) is 26.3 Å². The summed E-state index contributed by atoms with van der Waals surface area (Å²) in [4.78, 5) is 9.17. The van der Waals surface area contributed by atoms with Crippen molar-refractivity contribution in [3.05, 3.63) is 67.6 Å². The zero-order valence-electron chi connectivity index (χ0n) is 9.56. The van der Waals surface area contributed by atoms with Crippen LogP contribution in [0.4, 0.5) is 0 Å². The fourth-order valence-corrected chi connectivity index (χ4v) is 1.39. The Kier molecular flexibility index (Phi) is 5.52. The van der Waals surface area contributed by atoms with E-state index in [1.807, 2.05) is 24.3 Å². The highest BCUT2D eigenvalue weighted by Crippen LogP contribution is 2.16. The zero-order valence-corrected chi connectivity index (χ0v) is 9.56. The van der Waals surface area contributed by atoms with E-state index in [1.54, 1.807) is 0 Å². The van der Waals surface area contributed by atoms with Gasteiger partial charge in [-0.2, -0.15) is 0 Å². The molecule has 0 aromatic heterocycles. The van der Waals surface area contributed by atoms with E-state index in [0.29, 0.717) is 0 Å². The third kappa shape index (κ3) is 4.11. The van der Waals surface area contributed by atoms with Gasteiger partial charge in [0.15, 0.2) is 0 Å². The Bertz CT molecular complexity index is 476. The van der Waals surface area contributed by atoms with Gasteiger partial charge >= 0.3 is 6.47 Å². The molecule has 0 fully saturated rings. The predicted molar refractivity (Wildman–Crippen MR) is 70.2 cm³/mol. The van der Waals surface area contributed by atoms with E-state index in [4.69, 9.17) is 4.79 Å². The maximum atomic E-state index is 9.17. The summed E-state index contributed by atoms with van der Waals surface area (Å²) >= 11 is 0. The monoisotopic (exact) mass is 226 g/mol. The zero-order chi connectivity index (χ0) is 12.5. The van der Waals surface area contributed by atoms with Crippen LogP contribution in [-0.4, -0.2) is 13.1 Å². The van der Waals surface area contributed by atoms with Crippen molar-refractivity contribution in [1.29, 1.82) is 0 Å². The summed E-state index contributed by atoms with van der Waals surface area (Å²) in [6.45, 7) is 8.74. The highest BCUT2D eigenvalue weighted by molar-refractivity contribution is 5.86. The molecule has 0 amide bonds. The highest BCUT2D eigenvalue weighted by atomic mass is 16.5. The van der Waals surface area contributed by atoms with Gasteiger partial charge < -0.3 is 4.74 Å². The van der Waals surface area contributed by atoms with Gasteiger partial charge in [-0.1, -0.05) is 55.1 Å². The van der Waals surface area contributed by atoms with Crippen molar-refractivity contribution in [2.45, 2.75) is 0 Å². The minimum absolute atomic E-state index is 0.253. The van der Waals surface area contributed by atoms with Crippen LogP contribution in [0.5, 0.6) is 0 Å². The van der Waals surface area contributed by atoms with Gasteiger partial charge in [0.05, 0.1) is 0 Å². The molecule has 0 N–H and O–H groups in total. The van der Waals surface area contributed by atoms with E-state index in [2.05, 4.69) is 36.4 Å². The summed E-state index contributed by atoms with van der Waals surface area (Å²) < 4.78 is 4.06. The molecule has 0 saturated heterocycles. The summed E-state index contributed by atoms with van der Waals surface area (Å²) in [7, 11) is 0. The molecule has 0 unspecified atom stereocenters. The minimum Gasteiger partial charge on any atom is -0.453 e. The van der Waals surface area contributed by atoms with Gasteiger partial charge in [0.2, 0.25) is 0 Å². The highest BCUT2D eigenvalue weighted by Gasteiger charge is 1.92. The number of rotatable bonds is 3. The molecule has 2 aromatic carbocycles. The molecule has 0 aliphatic rings. The summed E-state index contributed by atoms with van der Waals surface area (Å²) in [5, 5.41) is 2.51. The Hall–Kier alpha value is -2.09.